The van der Waals surface area contributed by atoms with Gasteiger partial charge in [-0.25, -0.2) is 0 Å². The summed E-state index contributed by atoms with van der Waals surface area (Å²) in [4.78, 5) is 0. The van der Waals surface area contributed by atoms with E-state index in [0.717, 1.165) is 18.8 Å². The standard InChI is InChI=1S/C13H20O.C2H6/c1-5-9-14-13-11(4)7-6-8-12(13)10(2)3;1-2/h6-8,10H,5,9H2,1-4H3;1-2H3. The van der Waals surface area contributed by atoms with E-state index in [2.05, 4.69) is 45.9 Å². The summed E-state index contributed by atoms with van der Waals surface area (Å²) >= 11 is 0. The van der Waals surface area contributed by atoms with E-state index in [4.69, 9.17) is 4.74 Å². The molecule has 0 aromatic heterocycles. The van der Waals surface area contributed by atoms with Crippen LogP contribution in [0.25, 0.3) is 0 Å². The van der Waals surface area contributed by atoms with Gasteiger partial charge in [-0.15, -0.1) is 0 Å². The van der Waals surface area contributed by atoms with E-state index in [0.29, 0.717) is 5.92 Å². The number of benzene rings is 1. The zero-order chi connectivity index (χ0) is 12.6. The van der Waals surface area contributed by atoms with Gasteiger partial charge in [0.25, 0.3) is 0 Å². The number of rotatable bonds is 4. The Labute approximate surface area is 101 Å². The molecule has 1 rings (SSSR count). The lowest BCUT2D eigenvalue weighted by Crippen LogP contribution is -2.01. The van der Waals surface area contributed by atoms with Crippen molar-refractivity contribution in [1.82, 2.24) is 0 Å². The molecule has 0 atom stereocenters. The van der Waals surface area contributed by atoms with Crippen molar-refractivity contribution >= 4 is 0 Å². The Morgan fingerprint density at radius 3 is 2.31 bits per heavy atom. The van der Waals surface area contributed by atoms with Crippen molar-refractivity contribution in [3.8, 4) is 5.75 Å². The normalized spacial score (nSPS) is 9.69. The van der Waals surface area contributed by atoms with E-state index in [1.54, 1.807) is 0 Å². The molecule has 1 aromatic rings. The largest absolute Gasteiger partial charge is 0.493 e. The fraction of sp³-hybridized carbons (Fsp3) is 0.600. The molecule has 1 heteroatoms. The Hall–Kier alpha value is -0.980. The molecule has 0 saturated carbocycles. The van der Waals surface area contributed by atoms with Crippen molar-refractivity contribution in [3.05, 3.63) is 29.3 Å². The van der Waals surface area contributed by atoms with Crippen LogP contribution in [0.15, 0.2) is 18.2 Å². The molecule has 0 amide bonds. The molecule has 1 aromatic carbocycles. The Morgan fingerprint density at radius 1 is 1.19 bits per heavy atom. The van der Waals surface area contributed by atoms with Crippen LogP contribution in [0.2, 0.25) is 0 Å². The van der Waals surface area contributed by atoms with Gasteiger partial charge < -0.3 is 4.74 Å². The minimum absolute atomic E-state index is 0.529. The first kappa shape index (κ1) is 15.0. The Morgan fingerprint density at radius 2 is 1.81 bits per heavy atom. The van der Waals surface area contributed by atoms with Gasteiger partial charge in [-0.05, 0) is 30.4 Å². The van der Waals surface area contributed by atoms with E-state index < -0.39 is 0 Å². The Bertz CT molecular complexity index is 289. The first-order valence-corrected chi connectivity index (χ1v) is 6.39. The van der Waals surface area contributed by atoms with Crippen molar-refractivity contribution in [3.63, 3.8) is 0 Å². The molecule has 0 aliphatic heterocycles. The van der Waals surface area contributed by atoms with Crippen LogP contribution < -0.4 is 4.74 Å². The van der Waals surface area contributed by atoms with Gasteiger partial charge in [-0.2, -0.15) is 0 Å². The van der Waals surface area contributed by atoms with Crippen molar-refractivity contribution in [2.45, 2.75) is 53.9 Å². The van der Waals surface area contributed by atoms with Crippen molar-refractivity contribution < 1.29 is 4.74 Å². The summed E-state index contributed by atoms with van der Waals surface area (Å²) in [5, 5.41) is 0. The lowest BCUT2D eigenvalue weighted by molar-refractivity contribution is 0.311. The van der Waals surface area contributed by atoms with E-state index in [9.17, 15) is 0 Å². The molecule has 0 radical (unpaired) electrons. The van der Waals surface area contributed by atoms with Crippen LogP contribution >= 0.6 is 0 Å². The van der Waals surface area contributed by atoms with Crippen LogP contribution in [0, 0.1) is 6.92 Å². The molecule has 0 unspecified atom stereocenters. The highest BCUT2D eigenvalue weighted by Crippen LogP contribution is 2.29. The molecule has 0 saturated heterocycles. The second-order valence-electron chi connectivity index (χ2n) is 4.00. The number of aryl methyl sites for hydroxylation is 1. The Balaban J connectivity index is 0.00000106. The summed E-state index contributed by atoms with van der Waals surface area (Å²) in [6, 6.07) is 6.36. The molecular formula is C15H26O. The number of hydrogen-bond donors (Lipinski definition) is 0. The molecule has 0 aliphatic rings. The molecule has 0 aliphatic carbocycles. The highest BCUT2D eigenvalue weighted by molar-refractivity contribution is 5.42. The summed E-state index contributed by atoms with van der Waals surface area (Å²) in [5.74, 6) is 1.62. The quantitative estimate of drug-likeness (QED) is 0.701. The maximum atomic E-state index is 5.78. The molecule has 92 valence electrons. The lowest BCUT2D eigenvalue weighted by atomic mass is 10.00. The first-order chi connectivity index (χ1) is 7.66. The van der Waals surface area contributed by atoms with Crippen LogP contribution in [0.3, 0.4) is 0 Å². The van der Waals surface area contributed by atoms with Crippen LogP contribution in [0.5, 0.6) is 5.75 Å². The lowest BCUT2D eigenvalue weighted by Gasteiger charge is -2.15. The van der Waals surface area contributed by atoms with Gasteiger partial charge >= 0.3 is 0 Å². The second kappa shape index (κ2) is 8.20. The van der Waals surface area contributed by atoms with Gasteiger partial charge in [0.15, 0.2) is 0 Å². The minimum Gasteiger partial charge on any atom is -0.493 e. The average Bonchev–Trinajstić information content (AvgIpc) is 2.29. The Kier molecular flexibility index (Phi) is 7.70. The highest BCUT2D eigenvalue weighted by Gasteiger charge is 2.09. The summed E-state index contributed by atoms with van der Waals surface area (Å²) < 4.78 is 5.78. The number of para-hydroxylation sites is 1. The third-order valence-electron chi connectivity index (χ3n) is 2.31. The maximum Gasteiger partial charge on any atom is 0.125 e. The van der Waals surface area contributed by atoms with Gasteiger partial charge in [-0.1, -0.05) is 52.8 Å². The van der Waals surface area contributed by atoms with Crippen LogP contribution in [-0.2, 0) is 0 Å². The average molecular weight is 222 g/mol. The van der Waals surface area contributed by atoms with Crippen LogP contribution in [-0.4, -0.2) is 6.61 Å². The van der Waals surface area contributed by atoms with E-state index in [1.165, 1.54) is 11.1 Å². The van der Waals surface area contributed by atoms with E-state index >= 15 is 0 Å². The summed E-state index contributed by atoms with van der Waals surface area (Å²) in [5.41, 5.74) is 2.56. The molecule has 0 N–H and O–H groups in total. The van der Waals surface area contributed by atoms with Crippen molar-refractivity contribution in [1.29, 1.82) is 0 Å². The predicted octanol–water partition coefficient (Wildman–Crippen LogP) is 4.93. The zero-order valence-electron chi connectivity index (χ0n) is 11.6. The third-order valence-corrected chi connectivity index (χ3v) is 2.31. The van der Waals surface area contributed by atoms with E-state index in [1.807, 2.05) is 13.8 Å². The second-order valence-corrected chi connectivity index (χ2v) is 4.00. The fourth-order valence-corrected chi connectivity index (χ4v) is 1.53. The zero-order valence-corrected chi connectivity index (χ0v) is 11.6. The molecule has 0 fully saturated rings. The molecule has 1 nitrogen and oxygen atoms in total. The highest BCUT2D eigenvalue weighted by atomic mass is 16.5. The summed E-state index contributed by atoms with van der Waals surface area (Å²) in [7, 11) is 0. The smallest absolute Gasteiger partial charge is 0.125 e. The van der Waals surface area contributed by atoms with Crippen molar-refractivity contribution in [2.75, 3.05) is 6.61 Å². The van der Waals surface area contributed by atoms with Gasteiger partial charge in [-0.3, -0.25) is 0 Å². The van der Waals surface area contributed by atoms with Gasteiger partial charge in [0, 0.05) is 0 Å². The SMILES string of the molecule is CC.CCCOc1c(C)cccc1C(C)C. The monoisotopic (exact) mass is 222 g/mol. The van der Waals surface area contributed by atoms with Crippen LogP contribution in [0.4, 0.5) is 0 Å². The van der Waals surface area contributed by atoms with Gasteiger partial charge in [0.1, 0.15) is 5.75 Å². The molecular weight excluding hydrogens is 196 g/mol. The minimum atomic E-state index is 0.529. The molecule has 0 bridgehead atoms. The molecule has 0 spiro atoms. The number of hydrogen-bond acceptors (Lipinski definition) is 1. The molecule has 16 heavy (non-hydrogen) atoms. The predicted molar refractivity (Wildman–Crippen MR) is 72.4 cm³/mol. The third kappa shape index (κ3) is 4.26. The number of ether oxygens (including phenoxy) is 1. The van der Waals surface area contributed by atoms with Gasteiger partial charge in [0.05, 0.1) is 6.61 Å². The van der Waals surface area contributed by atoms with Gasteiger partial charge in [0.2, 0.25) is 0 Å². The maximum absolute atomic E-state index is 5.78. The first-order valence-electron chi connectivity index (χ1n) is 6.39. The summed E-state index contributed by atoms with van der Waals surface area (Å²) in [6.45, 7) is 13.5. The fourth-order valence-electron chi connectivity index (χ4n) is 1.53. The van der Waals surface area contributed by atoms with Crippen molar-refractivity contribution in [2.24, 2.45) is 0 Å². The topological polar surface area (TPSA) is 9.23 Å². The summed E-state index contributed by atoms with van der Waals surface area (Å²) in [6.07, 6.45) is 1.06. The van der Waals surface area contributed by atoms with E-state index in [-0.39, 0.29) is 0 Å². The van der Waals surface area contributed by atoms with Crippen LogP contribution in [0.1, 0.15) is 58.1 Å². The molecule has 0 heterocycles.